The second-order valence-electron chi connectivity index (χ2n) is 5.19. The number of thioether (sulfide) groups is 1. The van der Waals surface area contributed by atoms with Crippen molar-refractivity contribution >= 4 is 51.4 Å². The van der Waals surface area contributed by atoms with E-state index in [4.69, 9.17) is 11.6 Å². The number of anilines is 2. The van der Waals surface area contributed by atoms with E-state index in [1.165, 1.54) is 23.1 Å². The zero-order valence-corrected chi connectivity index (χ0v) is 16.0. The molecular weight excluding hydrogens is 378 g/mol. The van der Waals surface area contributed by atoms with E-state index in [-0.39, 0.29) is 11.7 Å². The van der Waals surface area contributed by atoms with Gasteiger partial charge in [-0.05, 0) is 38.1 Å². The summed E-state index contributed by atoms with van der Waals surface area (Å²) in [7, 11) is 0. The van der Waals surface area contributed by atoms with Gasteiger partial charge in [0.1, 0.15) is 0 Å². The second-order valence-corrected chi connectivity index (χ2v) is 7.47. The van der Waals surface area contributed by atoms with Crippen LogP contribution >= 0.6 is 34.7 Å². The molecule has 0 radical (unpaired) electrons. The van der Waals surface area contributed by atoms with Gasteiger partial charge in [-0.1, -0.05) is 23.4 Å². The number of carbonyl (C=O) groups excluding carboxylic acids is 1. The minimum atomic E-state index is -0.115. The first-order valence-electron chi connectivity index (χ1n) is 7.43. The molecule has 2 aromatic heterocycles. The van der Waals surface area contributed by atoms with E-state index in [9.17, 15) is 4.79 Å². The van der Waals surface area contributed by atoms with Crippen LogP contribution in [0.25, 0.3) is 0 Å². The SMILES string of the molecule is Cc1nc(SCC(=O)Nc2nccs2)n(Nc2ccc(Cl)cc2)c1C. The van der Waals surface area contributed by atoms with E-state index in [0.29, 0.717) is 10.2 Å². The molecule has 0 saturated heterocycles. The summed E-state index contributed by atoms with van der Waals surface area (Å²) in [4.78, 5) is 20.6. The zero-order chi connectivity index (χ0) is 17.8. The fourth-order valence-corrected chi connectivity index (χ4v) is 3.55. The van der Waals surface area contributed by atoms with E-state index in [1.807, 2.05) is 48.2 Å². The highest BCUT2D eigenvalue weighted by Crippen LogP contribution is 2.23. The molecule has 0 aliphatic heterocycles. The molecule has 2 heterocycles. The van der Waals surface area contributed by atoms with E-state index in [0.717, 1.165) is 22.2 Å². The predicted molar refractivity (Wildman–Crippen MR) is 104 cm³/mol. The van der Waals surface area contributed by atoms with Crippen LogP contribution in [0.5, 0.6) is 0 Å². The van der Waals surface area contributed by atoms with Crippen LogP contribution in [0.4, 0.5) is 10.8 Å². The van der Waals surface area contributed by atoms with Crippen molar-refractivity contribution in [1.29, 1.82) is 0 Å². The van der Waals surface area contributed by atoms with Crippen LogP contribution < -0.4 is 10.7 Å². The number of amides is 1. The minimum Gasteiger partial charge on any atom is -0.301 e. The summed E-state index contributed by atoms with van der Waals surface area (Å²) < 4.78 is 1.87. The van der Waals surface area contributed by atoms with E-state index in [1.54, 1.807) is 6.20 Å². The van der Waals surface area contributed by atoms with Gasteiger partial charge < -0.3 is 5.32 Å². The Bertz CT molecular complexity index is 862. The lowest BCUT2D eigenvalue weighted by atomic mass is 10.3. The van der Waals surface area contributed by atoms with Gasteiger partial charge in [-0.25, -0.2) is 14.6 Å². The Morgan fingerprint density at radius 3 is 2.76 bits per heavy atom. The molecular formula is C16H16ClN5OS2. The lowest BCUT2D eigenvalue weighted by Gasteiger charge is -2.12. The molecule has 130 valence electrons. The van der Waals surface area contributed by atoms with Crippen molar-refractivity contribution in [2.24, 2.45) is 0 Å². The summed E-state index contributed by atoms with van der Waals surface area (Å²) in [5.41, 5.74) is 6.07. The maximum atomic E-state index is 12.0. The van der Waals surface area contributed by atoms with Gasteiger partial charge in [0.2, 0.25) is 5.91 Å². The third-order valence-electron chi connectivity index (χ3n) is 3.41. The van der Waals surface area contributed by atoms with Gasteiger partial charge in [-0.3, -0.25) is 10.2 Å². The van der Waals surface area contributed by atoms with Gasteiger partial charge in [0.05, 0.1) is 22.8 Å². The van der Waals surface area contributed by atoms with E-state index < -0.39 is 0 Å². The van der Waals surface area contributed by atoms with Crippen molar-refractivity contribution in [3.63, 3.8) is 0 Å². The molecule has 3 rings (SSSR count). The summed E-state index contributed by atoms with van der Waals surface area (Å²) in [6.45, 7) is 3.92. The molecule has 0 spiro atoms. The van der Waals surface area contributed by atoms with E-state index >= 15 is 0 Å². The fraction of sp³-hybridized carbons (Fsp3) is 0.188. The number of aryl methyl sites for hydroxylation is 1. The molecule has 6 nitrogen and oxygen atoms in total. The maximum Gasteiger partial charge on any atom is 0.236 e. The number of halogens is 1. The minimum absolute atomic E-state index is 0.115. The zero-order valence-electron chi connectivity index (χ0n) is 13.6. The molecule has 0 atom stereocenters. The van der Waals surface area contributed by atoms with Crippen LogP contribution in [0.15, 0.2) is 41.0 Å². The molecule has 1 aromatic carbocycles. The monoisotopic (exact) mass is 393 g/mol. The molecule has 0 saturated carbocycles. The van der Waals surface area contributed by atoms with Crippen LogP contribution in [0.2, 0.25) is 5.02 Å². The largest absolute Gasteiger partial charge is 0.301 e. The number of nitrogens with one attached hydrogen (secondary N) is 2. The van der Waals surface area contributed by atoms with Gasteiger partial charge in [0.15, 0.2) is 10.3 Å². The predicted octanol–water partition coefficient (Wildman–Crippen LogP) is 4.22. The van der Waals surface area contributed by atoms with Crippen molar-refractivity contribution in [3.05, 3.63) is 52.3 Å². The van der Waals surface area contributed by atoms with Crippen LogP contribution in [-0.4, -0.2) is 26.3 Å². The summed E-state index contributed by atoms with van der Waals surface area (Å²) in [6.07, 6.45) is 1.66. The number of benzene rings is 1. The van der Waals surface area contributed by atoms with Crippen LogP contribution in [0.3, 0.4) is 0 Å². The van der Waals surface area contributed by atoms with Crippen molar-refractivity contribution in [2.45, 2.75) is 19.0 Å². The number of aromatic nitrogens is 3. The quantitative estimate of drug-likeness (QED) is 0.613. The van der Waals surface area contributed by atoms with Gasteiger partial charge >= 0.3 is 0 Å². The van der Waals surface area contributed by atoms with Crippen LogP contribution in [0, 0.1) is 13.8 Å². The number of hydrogen-bond acceptors (Lipinski definition) is 6. The molecule has 0 aliphatic carbocycles. The molecule has 9 heteroatoms. The van der Waals surface area contributed by atoms with Gasteiger partial charge in [0, 0.05) is 16.6 Å². The van der Waals surface area contributed by atoms with Crippen molar-refractivity contribution in [1.82, 2.24) is 14.6 Å². The third-order valence-corrected chi connectivity index (χ3v) is 5.29. The van der Waals surface area contributed by atoms with Crippen LogP contribution in [-0.2, 0) is 4.79 Å². The number of rotatable bonds is 6. The summed E-state index contributed by atoms with van der Waals surface area (Å²) >= 11 is 8.68. The second kappa shape index (κ2) is 7.90. The smallest absolute Gasteiger partial charge is 0.236 e. The Morgan fingerprint density at radius 1 is 1.32 bits per heavy atom. The molecule has 0 bridgehead atoms. The lowest BCUT2D eigenvalue weighted by molar-refractivity contribution is -0.113. The van der Waals surface area contributed by atoms with Crippen molar-refractivity contribution < 1.29 is 4.79 Å². The fourth-order valence-electron chi connectivity index (χ4n) is 2.03. The van der Waals surface area contributed by atoms with Crippen molar-refractivity contribution in [2.75, 3.05) is 16.5 Å². The average Bonchev–Trinajstić information content (AvgIpc) is 3.18. The summed E-state index contributed by atoms with van der Waals surface area (Å²) in [5, 5.41) is 6.58. The molecule has 2 N–H and O–H groups in total. The number of hydrogen-bond donors (Lipinski definition) is 2. The standard InChI is InChI=1S/C16H16ClN5OS2/c1-10-11(2)22(21-13-5-3-12(17)4-6-13)16(19-10)25-9-14(23)20-15-18-7-8-24-15/h3-8,21H,9H2,1-2H3,(H,18,20,23). The first-order valence-corrected chi connectivity index (χ1v) is 9.68. The Hall–Kier alpha value is -2.03. The molecule has 25 heavy (non-hydrogen) atoms. The maximum absolute atomic E-state index is 12.0. The topological polar surface area (TPSA) is 71.8 Å². The normalized spacial score (nSPS) is 10.7. The van der Waals surface area contributed by atoms with Crippen LogP contribution in [0.1, 0.15) is 11.4 Å². The van der Waals surface area contributed by atoms with E-state index in [2.05, 4.69) is 20.7 Å². The van der Waals surface area contributed by atoms with Gasteiger partial charge in [-0.15, -0.1) is 11.3 Å². The molecule has 0 aliphatic rings. The Labute approximate surface area is 158 Å². The third kappa shape index (κ3) is 4.53. The number of nitrogens with zero attached hydrogens (tertiary/aromatic N) is 3. The highest BCUT2D eigenvalue weighted by atomic mass is 35.5. The molecule has 3 aromatic rings. The number of carbonyl (C=O) groups is 1. The molecule has 0 unspecified atom stereocenters. The Balaban J connectivity index is 1.69. The summed E-state index contributed by atoms with van der Waals surface area (Å²) in [6, 6.07) is 7.41. The van der Waals surface area contributed by atoms with Crippen molar-refractivity contribution in [3.8, 4) is 0 Å². The molecule has 1 amide bonds. The molecule has 0 fully saturated rings. The Morgan fingerprint density at radius 2 is 2.08 bits per heavy atom. The van der Waals surface area contributed by atoms with Gasteiger partial charge in [0.25, 0.3) is 0 Å². The highest BCUT2D eigenvalue weighted by Gasteiger charge is 2.14. The first-order chi connectivity index (χ1) is 12.0. The first kappa shape index (κ1) is 17.8. The average molecular weight is 394 g/mol. The van der Waals surface area contributed by atoms with Gasteiger partial charge in [-0.2, -0.15) is 0 Å². The lowest BCUT2D eigenvalue weighted by Crippen LogP contribution is -2.16. The highest BCUT2D eigenvalue weighted by molar-refractivity contribution is 7.99. The Kier molecular flexibility index (Phi) is 5.62. The number of imidazole rings is 1. The summed E-state index contributed by atoms with van der Waals surface area (Å²) in [5.74, 6) is 0.133. The number of thiazole rings is 1.